The standard InChI is InChI=1S/C14H29NO2Si.C8H17NO2Si/c1-4-7-8-9-11-14(12-10-13-15)18(16-5-2)17-6-3;1-3-10-12(11-4-2)8-6-5-7-9/h14,18H,4-12H2,1-3H3;12H,3-6,8H2,1-2H3. The number of nitriles is 2. The largest absolute Gasteiger partial charge is 0.397 e. The minimum Gasteiger partial charge on any atom is -0.397 e. The molecule has 6 nitrogen and oxygen atoms in total. The highest BCUT2D eigenvalue weighted by Gasteiger charge is 2.25. The van der Waals surface area contributed by atoms with E-state index in [4.69, 9.17) is 28.2 Å². The van der Waals surface area contributed by atoms with Gasteiger partial charge in [-0.1, -0.05) is 32.6 Å². The number of hydrogen-bond donors (Lipinski definition) is 0. The molecule has 0 fully saturated rings. The van der Waals surface area contributed by atoms with Gasteiger partial charge in [-0.3, -0.25) is 0 Å². The van der Waals surface area contributed by atoms with Gasteiger partial charge in [-0.15, -0.1) is 0 Å². The first kappa shape index (κ1) is 31.4. The Morgan fingerprint density at radius 3 is 1.70 bits per heavy atom. The van der Waals surface area contributed by atoms with Crippen molar-refractivity contribution in [2.24, 2.45) is 0 Å². The Kier molecular flexibility index (Phi) is 27.6. The van der Waals surface area contributed by atoms with Gasteiger partial charge >= 0.3 is 18.6 Å². The zero-order chi connectivity index (χ0) is 22.9. The molecule has 0 saturated carbocycles. The van der Waals surface area contributed by atoms with Gasteiger partial charge in [0.25, 0.3) is 0 Å². The summed E-state index contributed by atoms with van der Waals surface area (Å²) in [5, 5.41) is 17.1. The number of hydrogen-bond acceptors (Lipinski definition) is 6. The van der Waals surface area contributed by atoms with E-state index in [1.54, 1.807) is 0 Å². The Hall–Kier alpha value is -0.746. The molecule has 0 aromatic carbocycles. The van der Waals surface area contributed by atoms with Gasteiger partial charge in [0.05, 0.1) is 12.1 Å². The highest BCUT2D eigenvalue weighted by molar-refractivity contribution is 6.46. The Labute approximate surface area is 189 Å². The van der Waals surface area contributed by atoms with Crippen LogP contribution in [0.5, 0.6) is 0 Å². The van der Waals surface area contributed by atoms with Crippen molar-refractivity contribution in [3.8, 4) is 12.1 Å². The lowest BCUT2D eigenvalue weighted by atomic mass is 10.1. The molecule has 0 aliphatic carbocycles. The van der Waals surface area contributed by atoms with Crippen molar-refractivity contribution < 1.29 is 17.7 Å². The van der Waals surface area contributed by atoms with E-state index in [1.807, 2.05) is 27.7 Å². The van der Waals surface area contributed by atoms with Crippen molar-refractivity contribution in [2.75, 3.05) is 26.4 Å². The first-order chi connectivity index (χ1) is 14.6. The molecule has 0 aliphatic heterocycles. The molecule has 176 valence electrons. The molecule has 0 heterocycles. The fourth-order valence-corrected chi connectivity index (χ4v) is 7.04. The Balaban J connectivity index is 0. The van der Waals surface area contributed by atoms with E-state index in [0.29, 0.717) is 18.4 Å². The summed E-state index contributed by atoms with van der Waals surface area (Å²) in [7, 11) is -3.00. The molecule has 0 N–H and O–H groups in total. The third-order valence-electron chi connectivity index (χ3n) is 4.54. The number of rotatable bonds is 19. The van der Waals surface area contributed by atoms with Crippen LogP contribution in [0.3, 0.4) is 0 Å². The highest BCUT2D eigenvalue weighted by atomic mass is 28.3. The summed E-state index contributed by atoms with van der Waals surface area (Å²) in [6, 6.07) is 5.32. The topological polar surface area (TPSA) is 84.5 Å². The molecule has 0 spiro atoms. The molecule has 1 atom stereocenters. The fraction of sp³-hybridized carbons (Fsp3) is 0.909. The molecule has 1 unspecified atom stereocenters. The Morgan fingerprint density at radius 1 is 0.667 bits per heavy atom. The lowest BCUT2D eigenvalue weighted by molar-refractivity contribution is 0.200. The van der Waals surface area contributed by atoms with Gasteiger partial charge in [0.1, 0.15) is 0 Å². The minimum absolute atomic E-state index is 0.501. The first-order valence-corrected chi connectivity index (χ1v) is 15.2. The molecule has 0 aromatic rings. The van der Waals surface area contributed by atoms with E-state index < -0.39 is 18.6 Å². The van der Waals surface area contributed by atoms with Crippen LogP contribution in [0.25, 0.3) is 0 Å². The van der Waals surface area contributed by atoms with E-state index in [1.165, 1.54) is 32.1 Å². The molecule has 0 rings (SSSR count). The third-order valence-corrected chi connectivity index (χ3v) is 9.59. The minimum atomic E-state index is -1.58. The van der Waals surface area contributed by atoms with Crippen molar-refractivity contribution in [3.05, 3.63) is 0 Å². The van der Waals surface area contributed by atoms with Crippen LogP contribution in [0.1, 0.15) is 92.4 Å². The van der Waals surface area contributed by atoms with E-state index >= 15 is 0 Å². The highest BCUT2D eigenvalue weighted by Crippen LogP contribution is 2.26. The molecule has 0 saturated heterocycles. The SMILES string of the molecule is CCCCCCC(CCC#N)[SiH](OCC)OCC.CCO[SiH](CCCC#N)OCC. The summed E-state index contributed by atoms with van der Waals surface area (Å²) in [6.45, 7) is 13.1. The van der Waals surface area contributed by atoms with Crippen molar-refractivity contribution in [1.29, 1.82) is 10.5 Å². The molecular weight excluding hydrogens is 412 g/mol. The van der Waals surface area contributed by atoms with Crippen molar-refractivity contribution >= 4 is 18.6 Å². The average Bonchev–Trinajstić information content (AvgIpc) is 2.74. The van der Waals surface area contributed by atoms with E-state index in [-0.39, 0.29) is 0 Å². The van der Waals surface area contributed by atoms with Crippen LogP contribution in [0.15, 0.2) is 0 Å². The summed E-state index contributed by atoms with van der Waals surface area (Å²) in [4.78, 5) is 0. The maximum absolute atomic E-state index is 8.75. The predicted octanol–water partition coefficient (Wildman–Crippen LogP) is 5.51. The van der Waals surface area contributed by atoms with Gasteiger partial charge in [-0.05, 0) is 53.0 Å². The maximum atomic E-state index is 8.75. The van der Waals surface area contributed by atoms with E-state index in [2.05, 4.69) is 19.1 Å². The van der Waals surface area contributed by atoms with Crippen LogP contribution in [0.4, 0.5) is 0 Å². The molecule has 30 heavy (non-hydrogen) atoms. The summed E-state index contributed by atoms with van der Waals surface area (Å²) in [6.07, 6.45) is 9.37. The summed E-state index contributed by atoms with van der Waals surface area (Å²) in [5.41, 5.74) is 0.501. The quantitative estimate of drug-likeness (QED) is 0.187. The van der Waals surface area contributed by atoms with Gasteiger partial charge < -0.3 is 17.7 Å². The molecule has 0 amide bonds. The lowest BCUT2D eigenvalue weighted by Crippen LogP contribution is -2.29. The lowest BCUT2D eigenvalue weighted by Gasteiger charge is -2.24. The van der Waals surface area contributed by atoms with Gasteiger partial charge in [0.2, 0.25) is 0 Å². The van der Waals surface area contributed by atoms with E-state index in [0.717, 1.165) is 45.3 Å². The second-order valence-corrected chi connectivity index (χ2v) is 11.4. The maximum Gasteiger partial charge on any atom is 0.324 e. The van der Waals surface area contributed by atoms with Crippen LogP contribution >= 0.6 is 0 Å². The molecule has 0 aromatic heterocycles. The van der Waals surface area contributed by atoms with Crippen LogP contribution < -0.4 is 0 Å². The zero-order valence-corrected chi connectivity index (χ0v) is 22.5. The molecular formula is C22H46N2O4Si2. The molecule has 8 heteroatoms. The number of unbranched alkanes of at least 4 members (excludes halogenated alkanes) is 4. The van der Waals surface area contributed by atoms with Crippen LogP contribution in [-0.4, -0.2) is 45.0 Å². The second-order valence-electron chi connectivity index (χ2n) is 6.98. The van der Waals surface area contributed by atoms with Gasteiger partial charge in [-0.2, -0.15) is 10.5 Å². The van der Waals surface area contributed by atoms with Crippen LogP contribution in [0, 0.1) is 22.7 Å². The molecule has 0 aliphatic rings. The Bertz CT molecular complexity index is 418. The van der Waals surface area contributed by atoms with Crippen LogP contribution in [0.2, 0.25) is 11.6 Å². The smallest absolute Gasteiger partial charge is 0.324 e. The van der Waals surface area contributed by atoms with E-state index in [9.17, 15) is 0 Å². The van der Waals surface area contributed by atoms with Crippen molar-refractivity contribution in [1.82, 2.24) is 0 Å². The van der Waals surface area contributed by atoms with Gasteiger partial charge in [0.15, 0.2) is 0 Å². The normalized spacial score (nSPS) is 11.6. The summed E-state index contributed by atoms with van der Waals surface area (Å²) >= 11 is 0. The molecule has 0 radical (unpaired) electrons. The average molecular weight is 459 g/mol. The fourth-order valence-electron chi connectivity index (χ4n) is 3.08. The van der Waals surface area contributed by atoms with Crippen molar-refractivity contribution in [3.63, 3.8) is 0 Å². The third kappa shape index (κ3) is 20.5. The monoisotopic (exact) mass is 458 g/mol. The van der Waals surface area contributed by atoms with Gasteiger partial charge in [-0.25, -0.2) is 0 Å². The summed E-state index contributed by atoms with van der Waals surface area (Å²) < 4.78 is 22.5. The summed E-state index contributed by atoms with van der Waals surface area (Å²) in [5.74, 6) is 0. The first-order valence-electron chi connectivity index (χ1n) is 11.8. The number of nitrogens with zero attached hydrogens (tertiary/aromatic N) is 2. The van der Waals surface area contributed by atoms with Crippen molar-refractivity contribution in [2.45, 2.75) is 104 Å². The van der Waals surface area contributed by atoms with Crippen LogP contribution in [-0.2, 0) is 17.7 Å². The Morgan fingerprint density at radius 2 is 1.23 bits per heavy atom. The van der Waals surface area contributed by atoms with Gasteiger partial charge in [0, 0.05) is 44.8 Å². The zero-order valence-electron chi connectivity index (χ0n) is 20.2. The molecule has 0 bridgehead atoms. The second kappa shape index (κ2) is 26.3. The predicted molar refractivity (Wildman–Crippen MR) is 128 cm³/mol.